The fourth-order valence-corrected chi connectivity index (χ4v) is 3.16. The largest absolute Gasteiger partial charge is 0.496 e. The second-order valence-electron chi connectivity index (χ2n) is 4.91. The molecule has 0 unspecified atom stereocenters. The van der Waals surface area contributed by atoms with Gasteiger partial charge in [-0.2, -0.15) is 0 Å². The monoisotopic (exact) mass is 287 g/mol. The molecular weight excluding hydrogens is 266 g/mol. The maximum Gasteiger partial charge on any atom is 0.123 e. The molecule has 0 aliphatic heterocycles. The highest BCUT2D eigenvalue weighted by Gasteiger charge is 2.05. The molecule has 20 heavy (non-hydrogen) atoms. The maximum absolute atomic E-state index is 5.76. The van der Waals surface area contributed by atoms with E-state index in [1.807, 2.05) is 17.8 Å². The molecule has 2 nitrogen and oxygen atoms in total. The summed E-state index contributed by atoms with van der Waals surface area (Å²) in [5.41, 5.74) is 10.7. The van der Waals surface area contributed by atoms with Crippen LogP contribution in [0.5, 0.6) is 5.75 Å². The van der Waals surface area contributed by atoms with Crippen molar-refractivity contribution in [2.24, 2.45) is 5.73 Å². The highest BCUT2D eigenvalue weighted by Crippen LogP contribution is 2.28. The van der Waals surface area contributed by atoms with E-state index in [2.05, 4.69) is 44.2 Å². The molecule has 0 aromatic heterocycles. The average Bonchev–Trinajstić information content (AvgIpc) is 2.46. The molecule has 0 aliphatic rings. The summed E-state index contributed by atoms with van der Waals surface area (Å²) in [5.74, 6) is 1.81. The lowest BCUT2D eigenvalue weighted by Crippen LogP contribution is -2.00. The minimum absolute atomic E-state index is 0.505. The molecule has 0 saturated heterocycles. The molecule has 0 heterocycles. The Kier molecular flexibility index (Phi) is 5.10. The third-order valence-corrected chi connectivity index (χ3v) is 4.54. The van der Waals surface area contributed by atoms with E-state index in [9.17, 15) is 0 Å². The highest BCUT2D eigenvalue weighted by atomic mass is 32.2. The van der Waals surface area contributed by atoms with Crippen LogP contribution in [0.15, 0.2) is 41.3 Å². The minimum Gasteiger partial charge on any atom is -0.496 e. The average molecular weight is 287 g/mol. The first-order chi connectivity index (χ1) is 9.63. The number of nitrogens with two attached hydrogens (primary N) is 1. The normalized spacial score (nSPS) is 10.6. The van der Waals surface area contributed by atoms with Gasteiger partial charge in [-0.25, -0.2) is 0 Å². The number of rotatable bonds is 5. The van der Waals surface area contributed by atoms with Crippen LogP contribution in [0.1, 0.15) is 22.3 Å². The molecule has 2 rings (SSSR count). The zero-order valence-corrected chi connectivity index (χ0v) is 13.1. The SMILES string of the molecule is COc1ccc(CSc2ccc(C)cc2C)cc1CN. The summed E-state index contributed by atoms with van der Waals surface area (Å²) in [5, 5.41) is 0. The lowest BCUT2D eigenvalue weighted by Gasteiger charge is -2.10. The van der Waals surface area contributed by atoms with Gasteiger partial charge in [0, 0.05) is 22.8 Å². The standard InChI is InChI=1S/C17H21NOS/c1-12-4-7-17(13(2)8-12)20-11-14-5-6-16(19-3)15(9-14)10-18/h4-9H,10-11,18H2,1-3H3. The summed E-state index contributed by atoms with van der Waals surface area (Å²) in [6.07, 6.45) is 0. The number of aryl methyl sites for hydroxylation is 2. The summed E-state index contributed by atoms with van der Waals surface area (Å²) in [4.78, 5) is 1.33. The number of thioether (sulfide) groups is 1. The van der Waals surface area contributed by atoms with Crippen LogP contribution >= 0.6 is 11.8 Å². The summed E-state index contributed by atoms with van der Waals surface area (Å²) in [6, 6.07) is 12.8. The zero-order valence-electron chi connectivity index (χ0n) is 12.3. The van der Waals surface area contributed by atoms with Gasteiger partial charge in [0.25, 0.3) is 0 Å². The second kappa shape index (κ2) is 6.82. The van der Waals surface area contributed by atoms with Crippen LogP contribution in [0.2, 0.25) is 0 Å². The quantitative estimate of drug-likeness (QED) is 0.842. The van der Waals surface area contributed by atoms with Crippen LogP contribution in [0.25, 0.3) is 0 Å². The number of hydrogen-bond donors (Lipinski definition) is 1. The van der Waals surface area contributed by atoms with E-state index in [4.69, 9.17) is 10.5 Å². The zero-order chi connectivity index (χ0) is 14.5. The van der Waals surface area contributed by atoms with E-state index >= 15 is 0 Å². The number of hydrogen-bond acceptors (Lipinski definition) is 3. The third-order valence-electron chi connectivity index (χ3n) is 3.29. The molecule has 106 valence electrons. The fourth-order valence-electron chi connectivity index (χ4n) is 2.20. The van der Waals surface area contributed by atoms with Crippen molar-refractivity contribution in [2.45, 2.75) is 31.0 Å². The molecule has 0 aliphatic carbocycles. The molecular formula is C17H21NOS. The molecule has 0 atom stereocenters. The van der Waals surface area contributed by atoms with Crippen molar-refractivity contribution in [1.82, 2.24) is 0 Å². The Morgan fingerprint density at radius 3 is 2.55 bits per heavy atom. The molecule has 0 amide bonds. The van der Waals surface area contributed by atoms with Crippen LogP contribution < -0.4 is 10.5 Å². The van der Waals surface area contributed by atoms with Gasteiger partial charge < -0.3 is 10.5 Å². The Labute approximate surface area is 125 Å². The van der Waals surface area contributed by atoms with Crippen LogP contribution in [-0.2, 0) is 12.3 Å². The smallest absolute Gasteiger partial charge is 0.123 e. The van der Waals surface area contributed by atoms with Crippen molar-refractivity contribution in [3.8, 4) is 5.75 Å². The molecule has 0 saturated carbocycles. The van der Waals surface area contributed by atoms with E-state index < -0.39 is 0 Å². The van der Waals surface area contributed by atoms with Gasteiger partial charge in [0.05, 0.1) is 7.11 Å². The van der Waals surface area contributed by atoms with Crippen molar-refractivity contribution in [3.05, 3.63) is 58.7 Å². The van der Waals surface area contributed by atoms with E-state index in [0.717, 1.165) is 17.1 Å². The summed E-state index contributed by atoms with van der Waals surface area (Å²) < 4.78 is 5.30. The van der Waals surface area contributed by atoms with Crippen molar-refractivity contribution < 1.29 is 4.74 Å². The Morgan fingerprint density at radius 2 is 1.90 bits per heavy atom. The van der Waals surface area contributed by atoms with Crippen LogP contribution in [-0.4, -0.2) is 7.11 Å². The lowest BCUT2D eigenvalue weighted by molar-refractivity contribution is 0.409. The van der Waals surface area contributed by atoms with Gasteiger partial charge in [-0.1, -0.05) is 23.8 Å². The van der Waals surface area contributed by atoms with Gasteiger partial charge in [-0.15, -0.1) is 11.8 Å². The Bertz CT molecular complexity index is 596. The lowest BCUT2D eigenvalue weighted by atomic mass is 10.1. The molecule has 2 aromatic rings. The van der Waals surface area contributed by atoms with Gasteiger partial charge in [0.1, 0.15) is 5.75 Å². The topological polar surface area (TPSA) is 35.2 Å². The minimum atomic E-state index is 0.505. The van der Waals surface area contributed by atoms with E-state index in [1.54, 1.807) is 7.11 Å². The van der Waals surface area contributed by atoms with Crippen LogP contribution in [0.3, 0.4) is 0 Å². The third kappa shape index (κ3) is 3.56. The molecule has 2 N–H and O–H groups in total. The first-order valence-electron chi connectivity index (χ1n) is 6.70. The van der Waals surface area contributed by atoms with E-state index in [0.29, 0.717) is 6.54 Å². The molecule has 0 radical (unpaired) electrons. The van der Waals surface area contributed by atoms with E-state index in [-0.39, 0.29) is 0 Å². The number of methoxy groups -OCH3 is 1. The summed E-state index contributed by atoms with van der Waals surface area (Å²) in [7, 11) is 1.68. The van der Waals surface area contributed by atoms with Gasteiger partial charge in [-0.05, 0) is 43.2 Å². The van der Waals surface area contributed by atoms with E-state index in [1.165, 1.54) is 21.6 Å². The first kappa shape index (κ1) is 14.9. The molecule has 0 spiro atoms. The van der Waals surface area contributed by atoms with Crippen molar-refractivity contribution in [3.63, 3.8) is 0 Å². The van der Waals surface area contributed by atoms with Crippen molar-refractivity contribution in [1.29, 1.82) is 0 Å². The van der Waals surface area contributed by atoms with Crippen molar-refractivity contribution >= 4 is 11.8 Å². The molecule has 0 bridgehead atoms. The number of ether oxygens (including phenoxy) is 1. The summed E-state index contributed by atoms with van der Waals surface area (Å²) in [6.45, 7) is 4.79. The predicted molar refractivity (Wildman–Crippen MR) is 86.4 cm³/mol. The van der Waals surface area contributed by atoms with Crippen molar-refractivity contribution in [2.75, 3.05) is 7.11 Å². The Morgan fingerprint density at radius 1 is 1.10 bits per heavy atom. The first-order valence-corrected chi connectivity index (χ1v) is 7.68. The second-order valence-corrected chi connectivity index (χ2v) is 5.93. The molecule has 2 aromatic carbocycles. The van der Waals surface area contributed by atoms with Gasteiger partial charge in [-0.3, -0.25) is 0 Å². The summed E-state index contributed by atoms with van der Waals surface area (Å²) >= 11 is 1.86. The van der Waals surface area contributed by atoms with Crippen LogP contribution in [0, 0.1) is 13.8 Å². The fraction of sp³-hybridized carbons (Fsp3) is 0.294. The Balaban J connectivity index is 2.10. The van der Waals surface area contributed by atoms with Gasteiger partial charge in [0.2, 0.25) is 0 Å². The molecule has 0 fully saturated rings. The highest BCUT2D eigenvalue weighted by molar-refractivity contribution is 7.98. The van der Waals surface area contributed by atoms with Gasteiger partial charge in [0.15, 0.2) is 0 Å². The van der Waals surface area contributed by atoms with Crippen LogP contribution in [0.4, 0.5) is 0 Å². The predicted octanol–water partition coefficient (Wildman–Crippen LogP) is 4.06. The van der Waals surface area contributed by atoms with Gasteiger partial charge >= 0.3 is 0 Å². The maximum atomic E-state index is 5.76. The Hall–Kier alpha value is -1.45. The molecule has 3 heteroatoms. The number of benzene rings is 2.